The molecule has 1 aliphatic rings. The summed E-state index contributed by atoms with van der Waals surface area (Å²) in [6, 6.07) is 6.64. The number of nitrogens with one attached hydrogen (secondary N) is 1. The number of rotatable bonds is 4. The number of nitriles is 1. The van der Waals surface area contributed by atoms with E-state index in [0.717, 1.165) is 18.5 Å². The molecular weight excluding hydrogens is 234 g/mol. The first-order valence-corrected chi connectivity index (χ1v) is 5.62. The molecule has 1 N–H and O–H groups in total. The van der Waals surface area contributed by atoms with Gasteiger partial charge in [0.15, 0.2) is 0 Å². The molecule has 6 heteroatoms. The van der Waals surface area contributed by atoms with E-state index in [9.17, 15) is 10.1 Å². The van der Waals surface area contributed by atoms with Crippen LogP contribution in [0.4, 0.5) is 11.4 Å². The maximum Gasteiger partial charge on any atom is 0.287 e. The van der Waals surface area contributed by atoms with Crippen molar-refractivity contribution < 1.29 is 9.66 Å². The van der Waals surface area contributed by atoms with Gasteiger partial charge in [-0.15, -0.1) is 0 Å². The minimum absolute atomic E-state index is 0.0765. The van der Waals surface area contributed by atoms with E-state index < -0.39 is 4.92 Å². The summed E-state index contributed by atoms with van der Waals surface area (Å²) in [5.74, 6) is 0. The van der Waals surface area contributed by atoms with Crippen LogP contribution in [0.3, 0.4) is 0 Å². The van der Waals surface area contributed by atoms with Gasteiger partial charge in [-0.05, 0) is 25.0 Å². The van der Waals surface area contributed by atoms with Crippen molar-refractivity contribution in [1.29, 1.82) is 5.26 Å². The zero-order chi connectivity index (χ0) is 13.1. The van der Waals surface area contributed by atoms with Crippen LogP contribution < -0.4 is 5.32 Å². The molecule has 1 fully saturated rings. The summed E-state index contributed by atoms with van der Waals surface area (Å²) < 4.78 is 5.17. The summed E-state index contributed by atoms with van der Waals surface area (Å²) in [5, 5.41) is 22.8. The van der Waals surface area contributed by atoms with Crippen molar-refractivity contribution in [3.05, 3.63) is 33.9 Å². The monoisotopic (exact) mass is 247 g/mol. The molecule has 1 saturated carbocycles. The van der Waals surface area contributed by atoms with Crippen molar-refractivity contribution in [3.63, 3.8) is 0 Å². The molecule has 94 valence electrons. The maximum atomic E-state index is 10.7. The Morgan fingerprint density at radius 3 is 2.83 bits per heavy atom. The van der Waals surface area contributed by atoms with E-state index in [1.165, 1.54) is 12.1 Å². The van der Waals surface area contributed by atoms with Gasteiger partial charge < -0.3 is 10.1 Å². The van der Waals surface area contributed by atoms with E-state index in [2.05, 4.69) is 5.32 Å². The first kappa shape index (κ1) is 12.3. The van der Waals surface area contributed by atoms with Gasteiger partial charge in [0.2, 0.25) is 0 Å². The Bertz CT molecular complexity index is 504. The quantitative estimate of drug-likeness (QED) is 0.649. The van der Waals surface area contributed by atoms with E-state index in [1.54, 1.807) is 13.2 Å². The normalized spacial score (nSPS) is 21.8. The number of nitro groups is 1. The lowest BCUT2D eigenvalue weighted by Gasteiger charge is -2.35. The third kappa shape index (κ3) is 2.41. The summed E-state index contributed by atoms with van der Waals surface area (Å²) >= 11 is 0. The molecule has 2 rings (SSSR count). The number of anilines is 1. The molecule has 0 saturated heterocycles. The number of hydrogen-bond donors (Lipinski definition) is 1. The Morgan fingerprint density at radius 2 is 2.28 bits per heavy atom. The molecule has 1 aromatic carbocycles. The lowest BCUT2D eigenvalue weighted by molar-refractivity contribution is -0.385. The lowest BCUT2D eigenvalue weighted by Crippen LogP contribution is -2.40. The highest BCUT2D eigenvalue weighted by Crippen LogP contribution is 2.28. The Hall–Kier alpha value is -2.13. The number of nitro benzene ring substituents is 1. The van der Waals surface area contributed by atoms with Crippen molar-refractivity contribution in [2.24, 2.45) is 0 Å². The number of hydrogen-bond acceptors (Lipinski definition) is 5. The second-order valence-corrected chi connectivity index (χ2v) is 4.27. The second kappa shape index (κ2) is 5.02. The van der Waals surface area contributed by atoms with Gasteiger partial charge in [-0.1, -0.05) is 0 Å². The van der Waals surface area contributed by atoms with Crippen LogP contribution in [-0.2, 0) is 4.74 Å². The van der Waals surface area contributed by atoms with Gasteiger partial charge in [-0.2, -0.15) is 5.26 Å². The van der Waals surface area contributed by atoms with Crippen LogP contribution in [0.2, 0.25) is 0 Å². The van der Waals surface area contributed by atoms with Crippen LogP contribution in [-0.4, -0.2) is 24.2 Å². The van der Waals surface area contributed by atoms with Crippen LogP contribution >= 0.6 is 0 Å². The minimum Gasteiger partial charge on any atom is -0.382 e. The molecule has 1 aliphatic carbocycles. The van der Waals surface area contributed by atoms with Gasteiger partial charge in [0.1, 0.15) is 11.6 Å². The van der Waals surface area contributed by atoms with Crippen molar-refractivity contribution >= 4 is 11.4 Å². The fourth-order valence-electron chi connectivity index (χ4n) is 1.99. The summed E-state index contributed by atoms with van der Waals surface area (Å²) in [4.78, 5) is 10.1. The lowest BCUT2D eigenvalue weighted by atomic mass is 9.89. The molecule has 0 atom stereocenters. The van der Waals surface area contributed by atoms with Gasteiger partial charge in [-0.25, -0.2) is 0 Å². The smallest absolute Gasteiger partial charge is 0.287 e. The molecule has 0 radical (unpaired) electrons. The summed E-state index contributed by atoms with van der Waals surface area (Å²) in [6.45, 7) is 0. The fourth-order valence-corrected chi connectivity index (χ4v) is 1.99. The Balaban J connectivity index is 2.07. The van der Waals surface area contributed by atoms with Crippen LogP contribution in [0.5, 0.6) is 0 Å². The van der Waals surface area contributed by atoms with Gasteiger partial charge in [0.05, 0.1) is 11.0 Å². The molecule has 0 amide bonds. The third-order valence-electron chi connectivity index (χ3n) is 3.11. The molecule has 0 bridgehead atoms. The average Bonchev–Trinajstić information content (AvgIpc) is 2.32. The zero-order valence-electron chi connectivity index (χ0n) is 9.92. The SMILES string of the molecule is COC1CC(Nc2ccc([N+](=O)[O-])c(C#N)c2)C1. The maximum absolute atomic E-state index is 10.7. The van der Waals surface area contributed by atoms with E-state index in [-0.39, 0.29) is 17.4 Å². The molecule has 18 heavy (non-hydrogen) atoms. The largest absolute Gasteiger partial charge is 0.382 e. The van der Waals surface area contributed by atoms with Crippen molar-refractivity contribution in [1.82, 2.24) is 0 Å². The zero-order valence-corrected chi connectivity index (χ0v) is 9.92. The summed E-state index contributed by atoms with van der Waals surface area (Å²) in [6.07, 6.45) is 2.11. The Morgan fingerprint density at radius 1 is 1.56 bits per heavy atom. The van der Waals surface area contributed by atoms with Crippen molar-refractivity contribution in [3.8, 4) is 6.07 Å². The summed E-state index contributed by atoms with van der Waals surface area (Å²) in [5.41, 5.74) is 0.649. The molecule has 6 nitrogen and oxygen atoms in total. The standard InChI is InChI=1S/C12H13N3O3/c1-18-11-5-10(6-11)14-9-2-3-12(15(16)17)8(4-9)7-13/h2-4,10-11,14H,5-6H2,1H3. The molecule has 0 aliphatic heterocycles. The van der Waals surface area contributed by atoms with Gasteiger partial charge >= 0.3 is 0 Å². The molecule has 0 unspecified atom stereocenters. The number of ether oxygens (including phenoxy) is 1. The molecule has 0 aromatic heterocycles. The molecule has 0 heterocycles. The van der Waals surface area contributed by atoms with E-state index in [1.807, 2.05) is 6.07 Å². The first-order valence-electron chi connectivity index (χ1n) is 5.62. The van der Waals surface area contributed by atoms with E-state index in [0.29, 0.717) is 6.04 Å². The predicted octanol–water partition coefficient (Wildman–Crippen LogP) is 2.06. The van der Waals surface area contributed by atoms with Crippen LogP contribution in [0.1, 0.15) is 18.4 Å². The van der Waals surface area contributed by atoms with Crippen LogP contribution in [0.25, 0.3) is 0 Å². The number of benzene rings is 1. The molecular formula is C12H13N3O3. The Labute approximate surface area is 104 Å². The first-order chi connectivity index (χ1) is 8.63. The van der Waals surface area contributed by atoms with Gasteiger partial charge in [0, 0.05) is 24.9 Å². The highest BCUT2D eigenvalue weighted by atomic mass is 16.6. The van der Waals surface area contributed by atoms with E-state index in [4.69, 9.17) is 10.00 Å². The van der Waals surface area contributed by atoms with Crippen molar-refractivity contribution in [2.75, 3.05) is 12.4 Å². The van der Waals surface area contributed by atoms with Crippen LogP contribution in [0.15, 0.2) is 18.2 Å². The fraction of sp³-hybridized carbons (Fsp3) is 0.417. The van der Waals surface area contributed by atoms with Crippen LogP contribution in [0, 0.1) is 21.4 Å². The Kier molecular flexibility index (Phi) is 3.44. The number of methoxy groups -OCH3 is 1. The highest BCUT2D eigenvalue weighted by molar-refractivity contribution is 5.59. The van der Waals surface area contributed by atoms with Crippen molar-refractivity contribution in [2.45, 2.75) is 25.0 Å². The highest BCUT2D eigenvalue weighted by Gasteiger charge is 2.29. The van der Waals surface area contributed by atoms with E-state index >= 15 is 0 Å². The topological polar surface area (TPSA) is 88.2 Å². The molecule has 1 aromatic rings. The summed E-state index contributed by atoms with van der Waals surface area (Å²) in [7, 11) is 1.68. The molecule has 0 spiro atoms. The minimum atomic E-state index is -0.549. The number of nitrogens with zero attached hydrogens (tertiary/aromatic N) is 2. The van der Waals surface area contributed by atoms with Gasteiger partial charge in [0.25, 0.3) is 5.69 Å². The average molecular weight is 247 g/mol. The second-order valence-electron chi connectivity index (χ2n) is 4.27. The third-order valence-corrected chi connectivity index (χ3v) is 3.11. The van der Waals surface area contributed by atoms with Gasteiger partial charge in [-0.3, -0.25) is 10.1 Å². The predicted molar refractivity (Wildman–Crippen MR) is 65.3 cm³/mol.